The van der Waals surface area contributed by atoms with Gasteiger partial charge in [-0.1, -0.05) is 42.5 Å². The van der Waals surface area contributed by atoms with E-state index in [1.807, 2.05) is 0 Å². The summed E-state index contributed by atoms with van der Waals surface area (Å²) in [6, 6.07) is 15.1. The number of amides is 1. The largest absolute Gasteiger partial charge is 0.457 e. The van der Waals surface area contributed by atoms with E-state index in [4.69, 9.17) is 10.5 Å². The number of aliphatic hydroxyl groups excluding tert-OH is 1. The van der Waals surface area contributed by atoms with Crippen LogP contribution in [0.4, 0.5) is 4.39 Å². The van der Waals surface area contributed by atoms with Crippen molar-refractivity contribution < 1.29 is 27.4 Å². The first kappa shape index (κ1) is 26.2. The van der Waals surface area contributed by atoms with Crippen molar-refractivity contribution >= 4 is 22.0 Å². The fraction of sp³-hybridized carbons (Fsp3) is 0.269. The molecule has 0 saturated heterocycles. The minimum atomic E-state index is -4.11. The quantitative estimate of drug-likeness (QED) is 0.429. The molecule has 0 radical (unpaired) electrons. The van der Waals surface area contributed by atoms with Gasteiger partial charge in [-0.05, 0) is 55.2 Å². The van der Waals surface area contributed by atoms with E-state index in [0.717, 1.165) is 5.56 Å². The second-order valence-electron chi connectivity index (χ2n) is 9.14. The van der Waals surface area contributed by atoms with E-state index < -0.39 is 38.6 Å². The molecule has 3 aromatic rings. The summed E-state index contributed by atoms with van der Waals surface area (Å²) in [6.45, 7) is 3.00. The highest BCUT2D eigenvalue weighted by Gasteiger charge is 2.47. The van der Waals surface area contributed by atoms with Crippen LogP contribution in [0.3, 0.4) is 0 Å². The normalized spacial score (nSPS) is 18.8. The number of pyridine rings is 1. The minimum Gasteiger partial charge on any atom is -0.457 e. The van der Waals surface area contributed by atoms with E-state index >= 15 is 0 Å². The summed E-state index contributed by atoms with van der Waals surface area (Å²) in [6.07, 6.45) is 1.58. The first-order valence-electron chi connectivity index (χ1n) is 11.5. The molecule has 0 fully saturated rings. The number of aliphatic hydroxyl groups is 1. The number of nitrogens with one attached hydrogen (secondary N) is 1. The Morgan fingerprint density at radius 1 is 1.16 bits per heavy atom. The molecular weight excluding hydrogens is 499 g/mol. The molecule has 0 saturated carbocycles. The van der Waals surface area contributed by atoms with Gasteiger partial charge in [0.25, 0.3) is 15.9 Å². The number of aromatic nitrogens is 1. The molecule has 2 heterocycles. The number of carbonyl (C=O) groups is 1. The van der Waals surface area contributed by atoms with E-state index in [1.165, 1.54) is 18.3 Å². The van der Waals surface area contributed by atoms with Gasteiger partial charge in [-0.25, -0.2) is 12.8 Å². The smallest absolute Gasteiger partial charge is 0.301 e. The zero-order valence-corrected chi connectivity index (χ0v) is 21.1. The van der Waals surface area contributed by atoms with Crippen LogP contribution in [-0.4, -0.2) is 42.6 Å². The van der Waals surface area contributed by atoms with Crippen molar-refractivity contribution in [3.05, 3.63) is 89.5 Å². The fourth-order valence-electron chi connectivity index (χ4n) is 4.41. The second kappa shape index (κ2) is 10.3. The molecule has 11 heteroatoms. The standard InChI is InChI=1S/C26H27FN4O5S/c1-26(2)23(17-9-7-16(8-10-17)18-11-13-29-22(15-18)24(28)33)37(34,35)31-25(36-26)30-21(12-14-32)19-5-3-4-6-20(19)27/h3-11,13,15,21,23,32H,12,14H2,1-2H3,(H2,28,33)(H,30,31)/t21-,23-/m0/s1. The molecule has 9 nitrogen and oxygen atoms in total. The van der Waals surface area contributed by atoms with Crippen molar-refractivity contribution in [2.45, 2.75) is 37.2 Å². The molecule has 4 rings (SSSR count). The van der Waals surface area contributed by atoms with Crippen LogP contribution in [0.1, 0.15) is 53.2 Å². The lowest BCUT2D eigenvalue weighted by molar-refractivity contribution is 0.0759. The third-order valence-corrected chi connectivity index (χ3v) is 7.91. The van der Waals surface area contributed by atoms with Crippen LogP contribution in [0.2, 0.25) is 0 Å². The Morgan fingerprint density at radius 2 is 1.86 bits per heavy atom. The molecule has 194 valence electrons. The number of nitrogens with two attached hydrogens (primary N) is 1. The SMILES string of the molecule is CC1(C)OC(N[C@@H](CCO)c2ccccc2F)=NS(=O)(=O)[C@H]1c1ccc(-c2ccnc(C(N)=O)c2)cc1. The molecule has 1 aliphatic heterocycles. The van der Waals surface area contributed by atoms with Gasteiger partial charge in [0, 0.05) is 18.4 Å². The van der Waals surface area contributed by atoms with E-state index in [-0.39, 0.29) is 30.3 Å². The summed E-state index contributed by atoms with van der Waals surface area (Å²) in [5.41, 5.74) is 6.35. The Morgan fingerprint density at radius 3 is 2.49 bits per heavy atom. The van der Waals surface area contributed by atoms with Crippen molar-refractivity contribution in [3.8, 4) is 11.1 Å². The zero-order valence-electron chi connectivity index (χ0n) is 20.3. The number of hydrogen-bond donors (Lipinski definition) is 3. The van der Waals surface area contributed by atoms with Crippen LogP contribution in [0, 0.1) is 5.82 Å². The molecule has 0 aliphatic carbocycles. The van der Waals surface area contributed by atoms with Crippen LogP contribution < -0.4 is 11.1 Å². The number of hydrogen-bond acceptors (Lipinski definition) is 7. The Bertz CT molecular complexity index is 1440. The highest BCUT2D eigenvalue weighted by Crippen LogP contribution is 2.41. The van der Waals surface area contributed by atoms with Crippen LogP contribution in [0.15, 0.2) is 71.3 Å². The van der Waals surface area contributed by atoms with Gasteiger partial charge in [0.2, 0.25) is 0 Å². The summed E-state index contributed by atoms with van der Waals surface area (Å²) in [5, 5.41) is 11.2. The topological polar surface area (TPSA) is 144 Å². The first-order chi connectivity index (χ1) is 17.5. The van der Waals surface area contributed by atoms with Gasteiger partial charge in [-0.15, -0.1) is 4.40 Å². The number of primary amides is 1. The third-order valence-electron chi connectivity index (χ3n) is 6.05. The number of sulfonamides is 1. The van der Waals surface area contributed by atoms with E-state index in [1.54, 1.807) is 62.4 Å². The Hall–Kier alpha value is -3.83. The van der Waals surface area contributed by atoms with E-state index in [0.29, 0.717) is 11.1 Å². The van der Waals surface area contributed by atoms with Crippen molar-refractivity contribution in [3.63, 3.8) is 0 Å². The molecule has 2 aromatic carbocycles. The van der Waals surface area contributed by atoms with Gasteiger partial charge in [0.1, 0.15) is 22.4 Å². The number of amidine groups is 1. The summed E-state index contributed by atoms with van der Waals surface area (Å²) < 4.78 is 50.9. The predicted molar refractivity (Wildman–Crippen MR) is 136 cm³/mol. The molecular formula is C26H27FN4O5S. The number of halogens is 1. The van der Waals surface area contributed by atoms with Crippen LogP contribution in [0.25, 0.3) is 11.1 Å². The molecule has 37 heavy (non-hydrogen) atoms. The molecule has 0 unspecified atom stereocenters. The van der Waals surface area contributed by atoms with Crippen LogP contribution in [0.5, 0.6) is 0 Å². The number of benzene rings is 2. The lowest BCUT2D eigenvalue weighted by atomic mass is 9.95. The Balaban J connectivity index is 1.63. The van der Waals surface area contributed by atoms with Gasteiger partial charge >= 0.3 is 6.02 Å². The lowest BCUT2D eigenvalue weighted by Gasteiger charge is -2.38. The Labute approximate surface area is 214 Å². The fourth-order valence-corrected chi connectivity index (χ4v) is 6.11. The Kier molecular flexibility index (Phi) is 7.28. The van der Waals surface area contributed by atoms with Crippen molar-refractivity contribution in [2.75, 3.05) is 6.61 Å². The highest BCUT2D eigenvalue weighted by atomic mass is 32.2. The van der Waals surface area contributed by atoms with Gasteiger partial charge in [-0.2, -0.15) is 0 Å². The summed E-state index contributed by atoms with van der Waals surface area (Å²) in [5.74, 6) is -1.15. The third kappa shape index (κ3) is 5.62. The maximum atomic E-state index is 14.4. The van der Waals surface area contributed by atoms with Crippen molar-refractivity contribution in [1.82, 2.24) is 10.3 Å². The minimum absolute atomic E-state index is 0.112. The lowest BCUT2D eigenvalue weighted by Crippen LogP contribution is -2.47. The van der Waals surface area contributed by atoms with Gasteiger partial charge in [0.15, 0.2) is 0 Å². The number of nitrogens with zero attached hydrogens (tertiary/aromatic N) is 2. The highest BCUT2D eigenvalue weighted by molar-refractivity contribution is 7.90. The molecule has 0 spiro atoms. The summed E-state index contributed by atoms with van der Waals surface area (Å²) in [7, 11) is -4.11. The average Bonchev–Trinajstić information content (AvgIpc) is 2.83. The molecule has 2 atom stereocenters. The van der Waals surface area contributed by atoms with Crippen LogP contribution in [-0.2, 0) is 14.8 Å². The average molecular weight is 527 g/mol. The maximum Gasteiger partial charge on any atom is 0.301 e. The van der Waals surface area contributed by atoms with E-state index in [2.05, 4.69) is 14.7 Å². The number of ether oxygens (including phenoxy) is 1. The van der Waals surface area contributed by atoms with Crippen molar-refractivity contribution in [1.29, 1.82) is 0 Å². The maximum absolute atomic E-state index is 14.4. The van der Waals surface area contributed by atoms with Crippen LogP contribution >= 0.6 is 0 Å². The first-order valence-corrected chi connectivity index (χ1v) is 13.0. The van der Waals surface area contributed by atoms with Gasteiger partial charge in [-0.3, -0.25) is 9.78 Å². The summed E-state index contributed by atoms with van der Waals surface area (Å²) >= 11 is 0. The predicted octanol–water partition coefficient (Wildman–Crippen LogP) is 3.24. The van der Waals surface area contributed by atoms with Gasteiger partial charge < -0.3 is 20.9 Å². The molecule has 1 aliphatic rings. The number of rotatable bonds is 7. The van der Waals surface area contributed by atoms with Crippen molar-refractivity contribution in [2.24, 2.45) is 10.1 Å². The second-order valence-corrected chi connectivity index (χ2v) is 10.8. The van der Waals surface area contributed by atoms with Gasteiger partial charge in [0.05, 0.1) is 6.04 Å². The van der Waals surface area contributed by atoms with E-state index in [9.17, 15) is 22.7 Å². The molecule has 1 aromatic heterocycles. The molecule has 0 bridgehead atoms. The molecule has 4 N–H and O–H groups in total. The number of carbonyl (C=O) groups excluding carboxylic acids is 1. The monoisotopic (exact) mass is 526 g/mol. The summed E-state index contributed by atoms with van der Waals surface area (Å²) in [4.78, 5) is 15.4. The zero-order chi connectivity index (χ0) is 26.8. The molecule has 1 amide bonds.